The highest BCUT2D eigenvalue weighted by Gasteiger charge is 2.23. The van der Waals surface area contributed by atoms with Crippen LogP contribution in [-0.4, -0.2) is 25.0 Å². The SMILES string of the molecule is NC(=O)COc1ccc2c3c(c(=O)oc2c1OCC(N)=O)CCC3. The number of primary amides is 2. The zero-order valence-electron chi connectivity index (χ0n) is 12.8. The number of nitrogens with two attached hydrogens (primary N) is 2. The second kappa shape index (κ2) is 6.23. The Morgan fingerprint density at radius 1 is 1.04 bits per heavy atom. The van der Waals surface area contributed by atoms with E-state index in [1.54, 1.807) is 12.1 Å². The van der Waals surface area contributed by atoms with Gasteiger partial charge in [-0.1, -0.05) is 0 Å². The van der Waals surface area contributed by atoms with Gasteiger partial charge < -0.3 is 25.4 Å². The van der Waals surface area contributed by atoms with Gasteiger partial charge in [-0.3, -0.25) is 9.59 Å². The van der Waals surface area contributed by atoms with E-state index in [0.717, 1.165) is 18.4 Å². The van der Waals surface area contributed by atoms with E-state index in [4.69, 9.17) is 25.4 Å². The molecule has 3 rings (SSSR count). The highest BCUT2D eigenvalue weighted by molar-refractivity contribution is 5.89. The first-order chi connectivity index (χ1) is 11.5. The van der Waals surface area contributed by atoms with Crippen molar-refractivity contribution in [3.8, 4) is 11.5 Å². The predicted octanol–water partition coefficient (Wildman–Crippen LogP) is 0.00990. The molecule has 0 saturated carbocycles. The van der Waals surface area contributed by atoms with Crippen LogP contribution < -0.4 is 26.6 Å². The Labute approximate surface area is 136 Å². The van der Waals surface area contributed by atoms with Crippen LogP contribution in [0.4, 0.5) is 0 Å². The maximum Gasteiger partial charge on any atom is 0.339 e. The Hall–Kier alpha value is -3.03. The van der Waals surface area contributed by atoms with Gasteiger partial charge in [-0.15, -0.1) is 0 Å². The molecule has 24 heavy (non-hydrogen) atoms. The van der Waals surface area contributed by atoms with E-state index in [0.29, 0.717) is 17.4 Å². The second-order valence-corrected chi connectivity index (χ2v) is 5.48. The van der Waals surface area contributed by atoms with Crippen LogP contribution in [-0.2, 0) is 22.4 Å². The molecule has 0 saturated heterocycles. The number of amides is 2. The lowest BCUT2D eigenvalue weighted by Crippen LogP contribution is -2.22. The molecule has 0 radical (unpaired) electrons. The van der Waals surface area contributed by atoms with Gasteiger partial charge in [0.2, 0.25) is 5.75 Å². The van der Waals surface area contributed by atoms with Gasteiger partial charge in [0.15, 0.2) is 24.5 Å². The summed E-state index contributed by atoms with van der Waals surface area (Å²) >= 11 is 0. The van der Waals surface area contributed by atoms with Crippen LogP contribution in [0, 0.1) is 0 Å². The molecular weight excluding hydrogens is 316 g/mol. The van der Waals surface area contributed by atoms with E-state index in [-0.39, 0.29) is 23.7 Å². The van der Waals surface area contributed by atoms with Crippen LogP contribution in [0.5, 0.6) is 11.5 Å². The summed E-state index contributed by atoms with van der Waals surface area (Å²) in [6.07, 6.45) is 2.30. The van der Waals surface area contributed by atoms with Gasteiger partial charge in [-0.2, -0.15) is 0 Å². The summed E-state index contributed by atoms with van der Waals surface area (Å²) in [6.45, 7) is -0.805. The summed E-state index contributed by atoms with van der Waals surface area (Å²) in [6, 6.07) is 3.32. The minimum atomic E-state index is -0.698. The molecule has 0 spiro atoms. The van der Waals surface area contributed by atoms with Crippen LogP contribution in [0.3, 0.4) is 0 Å². The molecule has 1 aromatic carbocycles. The fourth-order valence-corrected chi connectivity index (χ4v) is 2.85. The molecule has 1 aliphatic carbocycles. The molecule has 0 atom stereocenters. The van der Waals surface area contributed by atoms with Gasteiger partial charge in [0.05, 0.1) is 0 Å². The lowest BCUT2D eigenvalue weighted by Gasteiger charge is -2.14. The quantitative estimate of drug-likeness (QED) is 0.715. The van der Waals surface area contributed by atoms with Gasteiger partial charge >= 0.3 is 5.63 Å². The third kappa shape index (κ3) is 2.90. The van der Waals surface area contributed by atoms with Crippen molar-refractivity contribution in [2.45, 2.75) is 19.3 Å². The van der Waals surface area contributed by atoms with E-state index in [2.05, 4.69) is 0 Å². The van der Waals surface area contributed by atoms with Crippen LogP contribution in [0.1, 0.15) is 17.5 Å². The molecule has 0 unspecified atom stereocenters. The average Bonchev–Trinajstić information content (AvgIpc) is 3.01. The van der Waals surface area contributed by atoms with Crippen molar-refractivity contribution in [3.63, 3.8) is 0 Å². The minimum absolute atomic E-state index is 0.0550. The van der Waals surface area contributed by atoms with Crippen LogP contribution in [0.2, 0.25) is 0 Å². The third-order valence-electron chi connectivity index (χ3n) is 3.79. The average molecular weight is 332 g/mol. The predicted molar refractivity (Wildman–Crippen MR) is 83.9 cm³/mol. The van der Waals surface area contributed by atoms with E-state index in [9.17, 15) is 14.4 Å². The van der Waals surface area contributed by atoms with Crippen LogP contribution in [0.15, 0.2) is 21.3 Å². The van der Waals surface area contributed by atoms with Crippen molar-refractivity contribution in [3.05, 3.63) is 33.7 Å². The van der Waals surface area contributed by atoms with Crippen molar-refractivity contribution in [2.75, 3.05) is 13.2 Å². The Bertz CT molecular complexity index is 886. The van der Waals surface area contributed by atoms with E-state index < -0.39 is 24.0 Å². The molecular formula is C16H16N2O6. The van der Waals surface area contributed by atoms with Crippen molar-refractivity contribution in [1.82, 2.24) is 0 Å². The highest BCUT2D eigenvalue weighted by atomic mass is 16.5. The number of rotatable bonds is 6. The summed E-state index contributed by atoms with van der Waals surface area (Å²) in [7, 11) is 0. The molecule has 126 valence electrons. The largest absolute Gasteiger partial charge is 0.480 e. The number of carbonyl (C=O) groups is 2. The first kappa shape index (κ1) is 15.9. The Kier molecular flexibility index (Phi) is 4.11. The third-order valence-corrected chi connectivity index (χ3v) is 3.79. The minimum Gasteiger partial charge on any atom is -0.480 e. The van der Waals surface area contributed by atoms with Gasteiger partial charge in [-0.05, 0) is 37.0 Å². The normalized spacial score (nSPS) is 12.8. The monoisotopic (exact) mass is 332 g/mol. The summed E-state index contributed by atoms with van der Waals surface area (Å²) in [5.41, 5.74) is 11.5. The maximum atomic E-state index is 12.2. The zero-order chi connectivity index (χ0) is 17.3. The standard InChI is InChI=1S/C16H16N2O6/c17-12(19)6-22-11-5-4-9-8-2-1-3-10(8)16(21)24-14(9)15(11)23-7-13(18)20/h4-5H,1-3,6-7H2,(H2,17,19)(H2,18,20). The molecule has 0 aliphatic heterocycles. The molecule has 1 aromatic heterocycles. The topological polar surface area (TPSA) is 135 Å². The van der Waals surface area contributed by atoms with Gasteiger partial charge in [-0.25, -0.2) is 4.79 Å². The van der Waals surface area contributed by atoms with E-state index >= 15 is 0 Å². The molecule has 1 aliphatic rings. The van der Waals surface area contributed by atoms with Gasteiger partial charge in [0.1, 0.15) is 0 Å². The number of fused-ring (bicyclic) bond motifs is 3. The number of aryl methyl sites for hydroxylation is 1. The first-order valence-electron chi connectivity index (χ1n) is 7.41. The summed E-state index contributed by atoms with van der Waals surface area (Å²) in [5, 5.41) is 0.716. The van der Waals surface area contributed by atoms with Crippen LogP contribution in [0.25, 0.3) is 11.0 Å². The lowest BCUT2D eigenvalue weighted by molar-refractivity contribution is -0.121. The van der Waals surface area contributed by atoms with Gasteiger partial charge in [0.25, 0.3) is 11.8 Å². The first-order valence-corrected chi connectivity index (χ1v) is 7.41. The van der Waals surface area contributed by atoms with E-state index in [1.807, 2.05) is 0 Å². The maximum absolute atomic E-state index is 12.2. The van der Waals surface area contributed by atoms with Crippen molar-refractivity contribution in [2.24, 2.45) is 11.5 Å². The molecule has 8 nitrogen and oxygen atoms in total. The van der Waals surface area contributed by atoms with Crippen molar-refractivity contribution < 1.29 is 23.5 Å². The summed E-state index contributed by atoms with van der Waals surface area (Å²) < 4.78 is 16.0. The zero-order valence-corrected chi connectivity index (χ0v) is 12.8. The molecule has 2 aromatic rings. The number of carbonyl (C=O) groups excluding carboxylic acids is 2. The summed E-state index contributed by atoms with van der Waals surface area (Å²) in [5.74, 6) is -1.18. The fraction of sp³-hybridized carbons (Fsp3) is 0.312. The highest BCUT2D eigenvalue weighted by Crippen LogP contribution is 2.38. The number of benzene rings is 1. The summed E-state index contributed by atoms with van der Waals surface area (Å²) in [4.78, 5) is 34.1. The molecule has 4 N–H and O–H groups in total. The molecule has 2 amide bonds. The lowest BCUT2D eigenvalue weighted by atomic mass is 10.1. The van der Waals surface area contributed by atoms with Gasteiger partial charge in [0, 0.05) is 10.9 Å². The number of hydrogen-bond donors (Lipinski definition) is 2. The Morgan fingerprint density at radius 3 is 2.42 bits per heavy atom. The molecule has 1 heterocycles. The Balaban J connectivity index is 2.15. The van der Waals surface area contributed by atoms with Crippen molar-refractivity contribution in [1.29, 1.82) is 0 Å². The molecule has 0 bridgehead atoms. The molecule has 0 fully saturated rings. The van der Waals surface area contributed by atoms with Crippen LogP contribution >= 0.6 is 0 Å². The molecule has 8 heteroatoms. The van der Waals surface area contributed by atoms with E-state index in [1.165, 1.54) is 0 Å². The second-order valence-electron chi connectivity index (χ2n) is 5.48. The number of hydrogen-bond acceptors (Lipinski definition) is 6. The smallest absolute Gasteiger partial charge is 0.339 e. The Morgan fingerprint density at radius 2 is 1.71 bits per heavy atom. The van der Waals surface area contributed by atoms with Crippen molar-refractivity contribution >= 4 is 22.8 Å². The number of ether oxygens (including phenoxy) is 2. The fourth-order valence-electron chi connectivity index (χ4n) is 2.85.